The van der Waals surface area contributed by atoms with E-state index in [1.54, 1.807) is 0 Å². The maximum Gasteiger partial charge on any atom is 0.138 e. The standard InChI is InChI=1S/C6H10BNO/c1-3-6(7)5(4-9)8(6)2/h4-5H,3H2,1-2H3. The van der Waals surface area contributed by atoms with Crippen LogP contribution in [0.5, 0.6) is 0 Å². The van der Waals surface area contributed by atoms with Crippen molar-refractivity contribution >= 4 is 14.1 Å². The summed E-state index contributed by atoms with van der Waals surface area (Å²) in [5.41, 5.74) is -0.318. The molecule has 1 fully saturated rings. The van der Waals surface area contributed by atoms with E-state index in [0.29, 0.717) is 0 Å². The van der Waals surface area contributed by atoms with Gasteiger partial charge in [-0.3, -0.25) is 4.90 Å². The molecule has 0 N–H and O–H groups in total. The first-order valence-corrected chi connectivity index (χ1v) is 3.14. The Bertz CT molecular complexity index is 139. The summed E-state index contributed by atoms with van der Waals surface area (Å²) in [5.74, 6) is 0. The molecule has 0 amide bonds. The number of nitrogens with zero attached hydrogens (tertiary/aromatic N) is 1. The van der Waals surface area contributed by atoms with Gasteiger partial charge in [-0.2, -0.15) is 0 Å². The number of rotatable bonds is 2. The third-order valence-electron chi connectivity index (χ3n) is 2.21. The van der Waals surface area contributed by atoms with Gasteiger partial charge in [-0.15, -0.1) is 0 Å². The second-order valence-corrected chi connectivity index (χ2v) is 2.54. The maximum absolute atomic E-state index is 10.2. The van der Waals surface area contributed by atoms with Gasteiger partial charge in [0.15, 0.2) is 0 Å². The molecule has 9 heavy (non-hydrogen) atoms. The third kappa shape index (κ3) is 0.714. The van der Waals surface area contributed by atoms with Crippen molar-refractivity contribution in [3.05, 3.63) is 0 Å². The Hall–Kier alpha value is -0.305. The molecule has 1 heterocycles. The molecule has 2 nitrogen and oxygen atoms in total. The Labute approximate surface area is 56.6 Å². The first kappa shape index (κ1) is 6.81. The lowest BCUT2D eigenvalue weighted by atomic mass is 9.81. The van der Waals surface area contributed by atoms with Gasteiger partial charge in [0.2, 0.25) is 0 Å². The summed E-state index contributed by atoms with van der Waals surface area (Å²) in [6.07, 6.45) is 1.75. The fourth-order valence-electron chi connectivity index (χ4n) is 1.19. The fraction of sp³-hybridized carbons (Fsp3) is 0.833. The Kier molecular flexibility index (Phi) is 1.39. The number of hydrogen-bond donors (Lipinski definition) is 0. The molecular weight excluding hydrogens is 113 g/mol. The predicted octanol–water partition coefficient (Wildman–Crippen LogP) is -0.226. The van der Waals surface area contributed by atoms with Crippen LogP contribution in [0.3, 0.4) is 0 Å². The van der Waals surface area contributed by atoms with Crippen LogP contribution in [-0.4, -0.2) is 37.6 Å². The zero-order valence-electron chi connectivity index (χ0n) is 5.79. The highest BCUT2D eigenvalue weighted by Gasteiger charge is 2.53. The zero-order chi connectivity index (χ0) is 7.07. The van der Waals surface area contributed by atoms with Gasteiger partial charge in [0, 0.05) is 5.44 Å². The number of hydrogen-bond acceptors (Lipinski definition) is 2. The van der Waals surface area contributed by atoms with Gasteiger partial charge in [0.05, 0.1) is 13.9 Å². The lowest BCUT2D eigenvalue weighted by molar-refractivity contribution is -0.108. The lowest BCUT2D eigenvalue weighted by Crippen LogP contribution is -2.16. The van der Waals surface area contributed by atoms with Crippen molar-refractivity contribution < 1.29 is 4.79 Å². The molecule has 0 bridgehead atoms. The molecule has 1 saturated heterocycles. The minimum Gasteiger partial charge on any atom is -0.302 e. The van der Waals surface area contributed by atoms with E-state index >= 15 is 0 Å². The molecular formula is C6H10BNO. The van der Waals surface area contributed by atoms with E-state index < -0.39 is 0 Å². The Balaban J connectivity index is 2.57. The summed E-state index contributed by atoms with van der Waals surface area (Å²) in [6, 6.07) is -0.0394. The van der Waals surface area contributed by atoms with E-state index in [9.17, 15) is 4.79 Å². The number of carbonyl (C=O) groups is 1. The van der Waals surface area contributed by atoms with Crippen molar-refractivity contribution in [2.75, 3.05) is 7.05 Å². The summed E-state index contributed by atoms with van der Waals surface area (Å²) in [5, 5.41) is 0. The van der Waals surface area contributed by atoms with Crippen LogP contribution in [-0.2, 0) is 4.79 Å². The van der Waals surface area contributed by atoms with E-state index in [2.05, 4.69) is 0 Å². The fourth-order valence-corrected chi connectivity index (χ4v) is 1.19. The molecule has 0 aromatic heterocycles. The van der Waals surface area contributed by atoms with Gasteiger partial charge >= 0.3 is 0 Å². The number of likely N-dealkylation sites (N-methyl/N-ethyl adjacent to an activating group) is 1. The molecule has 3 heteroatoms. The summed E-state index contributed by atoms with van der Waals surface area (Å²) in [4.78, 5) is 12.1. The van der Waals surface area contributed by atoms with E-state index in [-0.39, 0.29) is 11.5 Å². The van der Waals surface area contributed by atoms with Crippen LogP contribution in [0.1, 0.15) is 13.3 Å². The van der Waals surface area contributed by atoms with Crippen LogP contribution in [0.15, 0.2) is 0 Å². The van der Waals surface area contributed by atoms with Crippen LogP contribution in [0, 0.1) is 0 Å². The zero-order valence-corrected chi connectivity index (χ0v) is 5.79. The van der Waals surface area contributed by atoms with Crippen LogP contribution in [0.4, 0.5) is 0 Å². The Morgan fingerprint density at radius 2 is 2.44 bits per heavy atom. The van der Waals surface area contributed by atoms with Crippen molar-refractivity contribution in [3.8, 4) is 0 Å². The van der Waals surface area contributed by atoms with E-state index in [0.717, 1.165) is 12.7 Å². The van der Waals surface area contributed by atoms with E-state index in [4.69, 9.17) is 7.85 Å². The molecule has 0 aromatic rings. The van der Waals surface area contributed by atoms with Crippen LogP contribution in [0.25, 0.3) is 0 Å². The molecule has 0 aromatic carbocycles. The van der Waals surface area contributed by atoms with Gasteiger partial charge < -0.3 is 4.79 Å². The molecule has 48 valence electrons. The van der Waals surface area contributed by atoms with Crippen LogP contribution < -0.4 is 0 Å². The minimum atomic E-state index is -0.318. The molecule has 0 spiro atoms. The predicted molar refractivity (Wildman–Crippen MR) is 36.4 cm³/mol. The quantitative estimate of drug-likeness (QED) is 0.287. The highest BCUT2D eigenvalue weighted by molar-refractivity contribution is 6.20. The summed E-state index contributed by atoms with van der Waals surface area (Å²) in [7, 11) is 7.60. The average Bonchev–Trinajstić information content (AvgIpc) is 2.38. The highest BCUT2D eigenvalue weighted by Crippen LogP contribution is 2.36. The summed E-state index contributed by atoms with van der Waals surface area (Å²) >= 11 is 0. The average molecular weight is 123 g/mol. The highest BCUT2D eigenvalue weighted by atomic mass is 16.1. The Morgan fingerprint density at radius 1 is 1.89 bits per heavy atom. The molecule has 1 rings (SSSR count). The molecule has 3 unspecified atom stereocenters. The van der Waals surface area contributed by atoms with Crippen molar-refractivity contribution in [1.82, 2.24) is 4.90 Å². The van der Waals surface area contributed by atoms with Gasteiger partial charge in [-0.25, -0.2) is 0 Å². The van der Waals surface area contributed by atoms with E-state index in [1.807, 2.05) is 18.9 Å². The maximum atomic E-state index is 10.2. The SMILES string of the molecule is [B]C1(CC)C(C=O)N1C. The first-order chi connectivity index (χ1) is 4.16. The lowest BCUT2D eigenvalue weighted by Gasteiger charge is -2.02. The third-order valence-corrected chi connectivity index (χ3v) is 2.21. The molecule has 0 aliphatic carbocycles. The number of aldehydes is 1. The summed E-state index contributed by atoms with van der Waals surface area (Å²) in [6.45, 7) is 1.99. The molecule has 1 aliphatic heterocycles. The largest absolute Gasteiger partial charge is 0.302 e. The topological polar surface area (TPSA) is 20.1 Å². The van der Waals surface area contributed by atoms with Gasteiger partial charge in [-0.05, 0) is 13.5 Å². The molecule has 1 aliphatic rings. The summed E-state index contributed by atoms with van der Waals surface area (Å²) < 4.78 is 0. The number of carbonyl (C=O) groups excluding carboxylic acids is 1. The van der Waals surface area contributed by atoms with Crippen LogP contribution >= 0.6 is 0 Å². The van der Waals surface area contributed by atoms with Gasteiger partial charge in [0.25, 0.3) is 0 Å². The monoisotopic (exact) mass is 123 g/mol. The smallest absolute Gasteiger partial charge is 0.138 e. The van der Waals surface area contributed by atoms with E-state index in [1.165, 1.54) is 0 Å². The molecule has 0 saturated carbocycles. The van der Waals surface area contributed by atoms with Crippen molar-refractivity contribution in [1.29, 1.82) is 0 Å². The van der Waals surface area contributed by atoms with Crippen LogP contribution in [0.2, 0.25) is 0 Å². The first-order valence-electron chi connectivity index (χ1n) is 3.14. The van der Waals surface area contributed by atoms with Crippen molar-refractivity contribution in [2.45, 2.75) is 24.8 Å². The van der Waals surface area contributed by atoms with Gasteiger partial charge in [-0.1, -0.05) is 6.92 Å². The van der Waals surface area contributed by atoms with Crippen molar-refractivity contribution in [2.24, 2.45) is 0 Å². The van der Waals surface area contributed by atoms with Gasteiger partial charge in [0.1, 0.15) is 6.29 Å². The molecule has 2 radical (unpaired) electrons. The minimum absolute atomic E-state index is 0.0394. The Morgan fingerprint density at radius 3 is 2.56 bits per heavy atom. The second-order valence-electron chi connectivity index (χ2n) is 2.54. The normalized spacial score (nSPS) is 48.7. The second kappa shape index (κ2) is 1.84. The van der Waals surface area contributed by atoms with Crippen molar-refractivity contribution in [3.63, 3.8) is 0 Å². The molecule has 3 atom stereocenters.